The molecule has 3 N–H and O–H groups in total. The minimum atomic E-state index is -0.603. The van der Waals surface area contributed by atoms with Crippen LogP contribution in [0.25, 0.3) is 0 Å². The molecule has 6 heteroatoms. The van der Waals surface area contributed by atoms with Crippen LogP contribution in [0.3, 0.4) is 0 Å². The van der Waals surface area contributed by atoms with Gasteiger partial charge in [0.1, 0.15) is 0 Å². The number of nitrogens with zero attached hydrogens (tertiary/aromatic N) is 1. The second-order valence-corrected chi connectivity index (χ2v) is 2.98. The summed E-state index contributed by atoms with van der Waals surface area (Å²) >= 11 is 0. The van der Waals surface area contributed by atoms with E-state index in [-0.39, 0.29) is 24.4 Å². The van der Waals surface area contributed by atoms with Crippen molar-refractivity contribution in [1.82, 2.24) is 10.3 Å². The van der Waals surface area contributed by atoms with Gasteiger partial charge in [-0.05, 0) is 19.1 Å². The van der Waals surface area contributed by atoms with E-state index < -0.39 is 5.95 Å². The van der Waals surface area contributed by atoms with Gasteiger partial charge >= 0.3 is 0 Å². The van der Waals surface area contributed by atoms with Gasteiger partial charge in [0, 0.05) is 18.8 Å². The van der Waals surface area contributed by atoms with E-state index in [1.807, 2.05) is 0 Å². The van der Waals surface area contributed by atoms with Gasteiger partial charge in [-0.3, -0.25) is 4.79 Å². The van der Waals surface area contributed by atoms with Crippen molar-refractivity contribution in [2.24, 2.45) is 5.73 Å². The Morgan fingerprint density at radius 1 is 1.67 bits per heavy atom. The summed E-state index contributed by atoms with van der Waals surface area (Å²) in [7, 11) is 0. The molecule has 0 radical (unpaired) electrons. The van der Waals surface area contributed by atoms with Gasteiger partial charge in [0.15, 0.2) is 0 Å². The number of carbonyl (C=O) groups is 1. The number of hydrogen-bond donors (Lipinski definition) is 2. The molecule has 0 aliphatic rings. The number of hydrogen-bond acceptors (Lipinski definition) is 3. The van der Waals surface area contributed by atoms with Crippen LogP contribution in [0.15, 0.2) is 18.3 Å². The highest BCUT2D eigenvalue weighted by atomic mass is 35.5. The lowest BCUT2D eigenvalue weighted by Gasteiger charge is -2.10. The Balaban J connectivity index is 0.00000196. The molecule has 1 rings (SSSR count). The Morgan fingerprint density at radius 2 is 2.33 bits per heavy atom. The minimum Gasteiger partial charge on any atom is -0.348 e. The van der Waals surface area contributed by atoms with Crippen molar-refractivity contribution in [2.45, 2.75) is 13.0 Å². The summed E-state index contributed by atoms with van der Waals surface area (Å²) in [4.78, 5) is 14.8. The largest absolute Gasteiger partial charge is 0.348 e. The SMILES string of the molecule is C[C@@H](CN)NC(=O)c1ccc(F)nc1.Cl. The van der Waals surface area contributed by atoms with Gasteiger partial charge in [0.05, 0.1) is 5.56 Å². The van der Waals surface area contributed by atoms with Crippen LogP contribution in [0.5, 0.6) is 0 Å². The van der Waals surface area contributed by atoms with Gasteiger partial charge in [-0.2, -0.15) is 4.39 Å². The fourth-order valence-corrected chi connectivity index (χ4v) is 0.876. The number of rotatable bonds is 3. The third-order valence-electron chi connectivity index (χ3n) is 1.72. The Morgan fingerprint density at radius 3 is 2.80 bits per heavy atom. The van der Waals surface area contributed by atoms with E-state index in [0.29, 0.717) is 12.1 Å². The summed E-state index contributed by atoms with van der Waals surface area (Å²) in [5.41, 5.74) is 5.66. The highest BCUT2D eigenvalue weighted by molar-refractivity contribution is 5.93. The molecule has 0 bridgehead atoms. The van der Waals surface area contributed by atoms with Crippen molar-refractivity contribution in [3.05, 3.63) is 29.8 Å². The van der Waals surface area contributed by atoms with Crippen molar-refractivity contribution in [3.63, 3.8) is 0 Å². The maximum absolute atomic E-state index is 12.4. The molecule has 84 valence electrons. The zero-order chi connectivity index (χ0) is 10.6. The highest BCUT2D eigenvalue weighted by Gasteiger charge is 2.08. The molecule has 1 aromatic rings. The number of aromatic nitrogens is 1. The predicted molar refractivity (Wildman–Crippen MR) is 57.4 cm³/mol. The maximum atomic E-state index is 12.4. The summed E-state index contributed by atoms with van der Waals surface area (Å²) < 4.78 is 12.4. The molecule has 0 aromatic carbocycles. The van der Waals surface area contributed by atoms with Crippen molar-refractivity contribution in [1.29, 1.82) is 0 Å². The number of pyridine rings is 1. The van der Waals surface area contributed by atoms with E-state index in [1.165, 1.54) is 12.3 Å². The van der Waals surface area contributed by atoms with Crippen LogP contribution in [0.1, 0.15) is 17.3 Å². The summed E-state index contributed by atoms with van der Waals surface area (Å²) in [6, 6.07) is 2.41. The van der Waals surface area contributed by atoms with Gasteiger partial charge in [0.2, 0.25) is 5.95 Å². The van der Waals surface area contributed by atoms with Crippen LogP contribution < -0.4 is 11.1 Å². The standard InChI is InChI=1S/C9H12FN3O.ClH/c1-6(4-11)13-9(14)7-2-3-8(10)12-5-7;/h2-3,5-6H,4,11H2,1H3,(H,13,14);1H/t6-;/m0./s1. The van der Waals surface area contributed by atoms with Crippen molar-refractivity contribution < 1.29 is 9.18 Å². The topological polar surface area (TPSA) is 68.0 Å². The molecule has 1 atom stereocenters. The second-order valence-electron chi connectivity index (χ2n) is 2.98. The second kappa shape index (κ2) is 6.31. The van der Waals surface area contributed by atoms with Crippen molar-refractivity contribution in [3.8, 4) is 0 Å². The summed E-state index contributed by atoms with van der Waals surface area (Å²) in [6.07, 6.45) is 1.19. The molecule has 0 saturated heterocycles. The third-order valence-corrected chi connectivity index (χ3v) is 1.72. The van der Waals surface area contributed by atoms with Gasteiger partial charge in [-0.1, -0.05) is 0 Å². The highest BCUT2D eigenvalue weighted by Crippen LogP contribution is 1.99. The Bertz CT molecular complexity index is 318. The average molecular weight is 234 g/mol. The number of carbonyl (C=O) groups excluding carboxylic acids is 1. The molecule has 1 amide bonds. The monoisotopic (exact) mass is 233 g/mol. The average Bonchev–Trinajstić information content (AvgIpc) is 2.18. The minimum absolute atomic E-state index is 0. The Labute approximate surface area is 93.5 Å². The number of nitrogens with one attached hydrogen (secondary N) is 1. The van der Waals surface area contributed by atoms with Crippen LogP contribution in [0, 0.1) is 5.95 Å². The summed E-state index contributed by atoms with van der Waals surface area (Å²) in [5, 5.41) is 2.64. The summed E-state index contributed by atoms with van der Waals surface area (Å²) in [6.45, 7) is 2.15. The first-order valence-electron chi connectivity index (χ1n) is 4.26. The van der Waals surface area contributed by atoms with E-state index in [4.69, 9.17) is 5.73 Å². The van der Waals surface area contributed by atoms with E-state index in [2.05, 4.69) is 10.3 Å². The fraction of sp³-hybridized carbons (Fsp3) is 0.333. The molecule has 0 saturated carbocycles. The molecule has 0 aliphatic heterocycles. The van der Waals surface area contributed by atoms with Crippen molar-refractivity contribution >= 4 is 18.3 Å². The zero-order valence-electron chi connectivity index (χ0n) is 8.24. The predicted octanol–water partition coefficient (Wildman–Crippen LogP) is 0.719. The first kappa shape index (κ1) is 13.8. The quantitative estimate of drug-likeness (QED) is 0.756. The van der Waals surface area contributed by atoms with Gasteiger partial charge in [-0.25, -0.2) is 4.98 Å². The Kier molecular flexibility index (Phi) is 5.81. The lowest BCUT2D eigenvalue weighted by Crippen LogP contribution is -2.37. The van der Waals surface area contributed by atoms with Crippen LogP contribution in [0.4, 0.5) is 4.39 Å². The molecular formula is C9H13ClFN3O. The van der Waals surface area contributed by atoms with E-state index in [9.17, 15) is 9.18 Å². The smallest absolute Gasteiger partial charge is 0.253 e. The molecule has 1 aromatic heterocycles. The van der Waals surface area contributed by atoms with Gasteiger partial charge in [0.25, 0.3) is 5.91 Å². The third kappa shape index (κ3) is 4.22. The van der Waals surface area contributed by atoms with Gasteiger partial charge in [-0.15, -0.1) is 12.4 Å². The van der Waals surface area contributed by atoms with Crippen LogP contribution in [-0.2, 0) is 0 Å². The first-order chi connectivity index (χ1) is 6.63. The normalized spacial score (nSPS) is 11.4. The molecule has 0 unspecified atom stereocenters. The van der Waals surface area contributed by atoms with E-state index in [1.54, 1.807) is 6.92 Å². The molecule has 0 spiro atoms. The molecular weight excluding hydrogens is 221 g/mol. The Hall–Kier alpha value is -1.20. The van der Waals surface area contributed by atoms with E-state index >= 15 is 0 Å². The molecule has 0 aliphatic carbocycles. The lowest BCUT2D eigenvalue weighted by molar-refractivity contribution is 0.0941. The van der Waals surface area contributed by atoms with Crippen molar-refractivity contribution in [2.75, 3.05) is 6.54 Å². The molecule has 15 heavy (non-hydrogen) atoms. The number of halogens is 2. The number of nitrogens with two attached hydrogens (primary N) is 1. The molecule has 1 heterocycles. The van der Waals surface area contributed by atoms with Crippen LogP contribution >= 0.6 is 12.4 Å². The summed E-state index contributed by atoms with van der Waals surface area (Å²) in [5.74, 6) is -0.899. The zero-order valence-corrected chi connectivity index (χ0v) is 9.05. The lowest BCUT2D eigenvalue weighted by atomic mass is 10.2. The van der Waals surface area contributed by atoms with Crippen LogP contribution in [-0.4, -0.2) is 23.5 Å². The maximum Gasteiger partial charge on any atom is 0.253 e. The van der Waals surface area contributed by atoms with Crippen LogP contribution in [0.2, 0.25) is 0 Å². The fourth-order valence-electron chi connectivity index (χ4n) is 0.876. The number of amides is 1. The molecule has 0 fully saturated rings. The van der Waals surface area contributed by atoms with E-state index in [0.717, 1.165) is 6.07 Å². The first-order valence-corrected chi connectivity index (χ1v) is 4.26. The van der Waals surface area contributed by atoms with Gasteiger partial charge < -0.3 is 11.1 Å². The molecule has 4 nitrogen and oxygen atoms in total.